The van der Waals surface area contributed by atoms with Crippen LogP contribution in [0.3, 0.4) is 0 Å². The van der Waals surface area contributed by atoms with Crippen LogP contribution in [0.5, 0.6) is 0 Å². The molecule has 0 aliphatic rings. The van der Waals surface area contributed by atoms with Gasteiger partial charge in [0.15, 0.2) is 0 Å². The summed E-state index contributed by atoms with van der Waals surface area (Å²) in [5.74, 6) is -1.74. The van der Waals surface area contributed by atoms with Crippen LogP contribution in [0.15, 0.2) is 69.1 Å². The Morgan fingerprint density at radius 2 is 1.59 bits per heavy atom. The second kappa shape index (κ2) is 9.34. The van der Waals surface area contributed by atoms with Crippen molar-refractivity contribution in [2.75, 3.05) is 5.32 Å². The van der Waals surface area contributed by atoms with E-state index in [4.69, 9.17) is 11.6 Å². The quantitative estimate of drug-likeness (QED) is 0.294. The maximum Gasteiger partial charge on any atom is 0.339 e. The van der Waals surface area contributed by atoms with E-state index in [1.165, 1.54) is 29.6 Å². The van der Waals surface area contributed by atoms with E-state index in [1.54, 1.807) is 12.3 Å². The van der Waals surface area contributed by atoms with Crippen molar-refractivity contribution in [2.24, 2.45) is 0 Å². The molecule has 0 fully saturated rings. The van der Waals surface area contributed by atoms with Gasteiger partial charge in [0.1, 0.15) is 10.6 Å². The number of carbonyl (C=O) groups is 2. The number of anilines is 1. The maximum atomic E-state index is 13.0. The molecule has 0 radical (unpaired) electrons. The van der Waals surface area contributed by atoms with Crippen molar-refractivity contribution >= 4 is 61.0 Å². The van der Waals surface area contributed by atoms with Crippen LogP contribution in [0, 0.1) is 13.8 Å². The van der Waals surface area contributed by atoms with Crippen molar-refractivity contribution in [3.8, 4) is 11.1 Å². The fraction of sp³-hybridized carbons (Fsp3) is 0.0833. The number of aryl methyl sites for hydroxylation is 1. The third-order valence-corrected chi connectivity index (χ3v) is 9.48. The fourth-order valence-corrected chi connectivity index (χ4v) is 7.30. The molecule has 0 saturated heterocycles. The highest BCUT2D eigenvalue weighted by Gasteiger charge is 2.27. The van der Waals surface area contributed by atoms with Gasteiger partial charge in [0.05, 0.1) is 14.7 Å². The highest BCUT2D eigenvalue weighted by molar-refractivity contribution is 7.91. The number of amides is 1. The van der Waals surface area contributed by atoms with Gasteiger partial charge in [-0.25, -0.2) is 13.2 Å². The van der Waals surface area contributed by atoms with Gasteiger partial charge >= 0.3 is 5.97 Å². The number of thiophene rings is 2. The minimum Gasteiger partial charge on any atom is -0.478 e. The van der Waals surface area contributed by atoms with Gasteiger partial charge in [0.2, 0.25) is 9.84 Å². The van der Waals surface area contributed by atoms with Crippen LogP contribution < -0.4 is 5.32 Å². The molecule has 2 heterocycles. The Morgan fingerprint density at radius 3 is 2.21 bits per heavy atom. The van der Waals surface area contributed by atoms with Gasteiger partial charge in [0, 0.05) is 21.3 Å². The molecule has 0 aliphatic carbocycles. The zero-order valence-corrected chi connectivity index (χ0v) is 21.2. The Hall–Kier alpha value is -2.98. The van der Waals surface area contributed by atoms with Crippen LogP contribution in [0.25, 0.3) is 11.1 Å². The molecular weight excluding hydrogens is 514 g/mol. The Bertz CT molecular complexity index is 1500. The SMILES string of the molecule is Cc1ccc(-c2csc(NC(=O)c3scc(S(=O)(=O)c4ccc(Cl)cc4)c3C)c2C(=O)O)cc1. The van der Waals surface area contributed by atoms with E-state index in [1.807, 2.05) is 31.2 Å². The van der Waals surface area contributed by atoms with Crippen molar-refractivity contribution in [1.82, 2.24) is 0 Å². The molecule has 0 spiro atoms. The van der Waals surface area contributed by atoms with Crippen molar-refractivity contribution in [2.45, 2.75) is 23.6 Å². The summed E-state index contributed by atoms with van der Waals surface area (Å²) in [6, 6.07) is 13.2. The Kier molecular flexibility index (Phi) is 6.64. The Morgan fingerprint density at radius 1 is 0.941 bits per heavy atom. The predicted octanol–water partition coefficient (Wildman–Crippen LogP) is 6.53. The van der Waals surface area contributed by atoms with E-state index in [0.717, 1.165) is 33.8 Å². The third kappa shape index (κ3) is 4.52. The van der Waals surface area contributed by atoms with Gasteiger partial charge in [0.25, 0.3) is 5.91 Å². The lowest BCUT2D eigenvalue weighted by atomic mass is 10.0. The summed E-state index contributed by atoms with van der Waals surface area (Å²) in [5, 5.41) is 16.2. The zero-order chi connectivity index (χ0) is 24.6. The zero-order valence-electron chi connectivity index (χ0n) is 18.0. The highest BCUT2D eigenvalue weighted by atomic mass is 35.5. The average molecular weight is 532 g/mol. The summed E-state index contributed by atoms with van der Waals surface area (Å²) in [4.78, 5) is 25.3. The molecule has 2 aromatic heterocycles. The van der Waals surface area contributed by atoms with Crippen molar-refractivity contribution in [3.63, 3.8) is 0 Å². The topological polar surface area (TPSA) is 101 Å². The van der Waals surface area contributed by atoms with Gasteiger partial charge in [-0.3, -0.25) is 4.79 Å². The summed E-state index contributed by atoms with van der Waals surface area (Å²) >= 11 is 7.95. The number of carboxylic acid groups (broad SMARTS) is 1. The molecule has 0 saturated carbocycles. The first-order valence-electron chi connectivity index (χ1n) is 9.91. The average Bonchev–Trinajstić information content (AvgIpc) is 3.38. The molecule has 4 rings (SSSR count). The molecule has 10 heteroatoms. The molecule has 0 aliphatic heterocycles. The van der Waals surface area contributed by atoms with Gasteiger partial charge in [-0.2, -0.15) is 0 Å². The number of nitrogens with one attached hydrogen (secondary N) is 1. The van der Waals surface area contributed by atoms with Gasteiger partial charge in [-0.1, -0.05) is 41.4 Å². The van der Waals surface area contributed by atoms with Gasteiger partial charge in [-0.05, 0) is 49.2 Å². The fourth-order valence-electron chi connectivity index (χ4n) is 3.40. The molecule has 0 bridgehead atoms. The van der Waals surface area contributed by atoms with E-state index in [2.05, 4.69) is 5.32 Å². The molecule has 1 amide bonds. The van der Waals surface area contributed by atoms with Crippen molar-refractivity contribution in [1.29, 1.82) is 0 Å². The van der Waals surface area contributed by atoms with E-state index < -0.39 is 21.7 Å². The minimum atomic E-state index is -3.85. The Balaban J connectivity index is 1.66. The van der Waals surface area contributed by atoms with E-state index in [9.17, 15) is 23.1 Å². The third-order valence-electron chi connectivity index (χ3n) is 5.21. The van der Waals surface area contributed by atoms with Crippen LogP contribution >= 0.6 is 34.3 Å². The summed E-state index contributed by atoms with van der Waals surface area (Å²) in [6.45, 7) is 3.49. The molecule has 0 atom stereocenters. The maximum absolute atomic E-state index is 13.0. The van der Waals surface area contributed by atoms with E-state index >= 15 is 0 Å². The molecule has 2 aromatic carbocycles. The summed E-state index contributed by atoms with van der Waals surface area (Å²) < 4.78 is 26.1. The smallest absolute Gasteiger partial charge is 0.339 e. The van der Waals surface area contributed by atoms with Gasteiger partial charge < -0.3 is 10.4 Å². The first-order valence-corrected chi connectivity index (χ1v) is 13.5. The number of carboxylic acids is 1. The second-order valence-corrected chi connectivity index (χ2v) is 11.6. The van der Waals surface area contributed by atoms with E-state index in [-0.39, 0.29) is 25.2 Å². The lowest BCUT2D eigenvalue weighted by Gasteiger charge is -2.07. The molecule has 6 nitrogen and oxygen atoms in total. The summed E-state index contributed by atoms with van der Waals surface area (Å²) in [7, 11) is -3.85. The summed E-state index contributed by atoms with van der Waals surface area (Å²) in [6.07, 6.45) is 0. The number of benzene rings is 2. The molecule has 0 unspecified atom stereocenters. The number of hydrogen-bond acceptors (Lipinski definition) is 6. The number of halogens is 1. The monoisotopic (exact) mass is 531 g/mol. The lowest BCUT2D eigenvalue weighted by Crippen LogP contribution is -2.14. The highest BCUT2D eigenvalue weighted by Crippen LogP contribution is 2.37. The molecule has 2 N–H and O–H groups in total. The number of sulfone groups is 1. The molecule has 4 aromatic rings. The standard InChI is InChI=1S/C24H18ClNO5S3/c1-13-3-5-15(6-4-13)18-11-33-23(20(18)24(28)29)26-22(27)21-14(2)19(12-32-21)34(30,31)17-9-7-16(25)8-10-17/h3-12H,1-2H3,(H,26,27)(H,28,29). The molecule has 34 heavy (non-hydrogen) atoms. The van der Waals surface area contributed by atoms with Crippen LogP contribution in [-0.2, 0) is 9.84 Å². The van der Waals surface area contributed by atoms with Crippen LogP contribution in [0.1, 0.15) is 31.2 Å². The first-order chi connectivity index (χ1) is 16.1. The van der Waals surface area contributed by atoms with Crippen LogP contribution in [0.4, 0.5) is 5.00 Å². The normalized spacial score (nSPS) is 11.4. The first kappa shape index (κ1) is 24.2. The second-order valence-electron chi connectivity index (χ2n) is 7.49. The van der Waals surface area contributed by atoms with Gasteiger partial charge in [-0.15, -0.1) is 22.7 Å². The number of rotatable bonds is 6. The van der Waals surface area contributed by atoms with Crippen LogP contribution in [-0.4, -0.2) is 25.4 Å². The van der Waals surface area contributed by atoms with Crippen LogP contribution in [0.2, 0.25) is 5.02 Å². The van der Waals surface area contributed by atoms with E-state index in [0.29, 0.717) is 16.1 Å². The van der Waals surface area contributed by atoms with Crippen molar-refractivity contribution in [3.05, 3.63) is 85.9 Å². The number of aromatic carboxylic acids is 1. The molecule has 174 valence electrons. The number of carbonyl (C=O) groups excluding carboxylic acids is 1. The number of hydrogen-bond donors (Lipinski definition) is 2. The van der Waals surface area contributed by atoms with Crippen molar-refractivity contribution < 1.29 is 23.1 Å². The summed E-state index contributed by atoms with van der Waals surface area (Å²) in [5.41, 5.74) is 2.56. The predicted molar refractivity (Wildman–Crippen MR) is 135 cm³/mol. The largest absolute Gasteiger partial charge is 0.478 e. The Labute approximate surface area is 209 Å². The lowest BCUT2D eigenvalue weighted by molar-refractivity contribution is 0.0699. The molecular formula is C24H18ClNO5S3. The minimum absolute atomic E-state index is 0.00887.